The van der Waals surface area contributed by atoms with Gasteiger partial charge in [0, 0.05) is 40.3 Å². The van der Waals surface area contributed by atoms with Gasteiger partial charge in [-0.1, -0.05) is 13.8 Å². The highest BCUT2D eigenvalue weighted by Crippen LogP contribution is 2.26. The summed E-state index contributed by atoms with van der Waals surface area (Å²) in [6, 6.07) is 3.64. The van der Waals surface area contributed by atoms with E-state index in [-0.39, 0.29) is 24.3 Å². The third-order valence-corrected chi connectivity index (χ3v) is 6.32. The molecular weight excluding hydrogens is 438 g/mol. The first-order valence-corrected chi connectivity index (χ1v) is 11.7. The van der Waals surface area contributed by atoms with Crippen molar-refractivity contribution in [3.8, 4) is 5.13 Å². The molecule has 33 heavy (non-hydrogen) atoms. The van der Waals surface area contributed by atoms with Gasteiger partial charge in [0.25, 0.3) is 0 Å². The Morgan fingerprint density at radius 2 is 1.88 bits per heavy atom. The number of ketones is 1. The Kier molecular flexibility index (Phi) is 6.16. The van der Waals surface area contributed by atoms with Gasteiger partial charge in [-0.15, -0.1) is 11.3 Å². The topological polar surface area (TPSA) is 91.9 Å². The molecule has 0 aliphatic carbocycles. The van der Waals surface area contributed by atoms with Crippen molar-refractivity contribution in [2.24, 2.45) is 0 Å². The molecule has 0 aromatic carbocycles. The summed E-state index contributed by atoms with van der Waals surface area (Å²) in [5.41, 5.74) is 3.98. The molecule has 0 unspecified atom stereocenters. The molecule has 4 aromatic heterocycles. The van der Waals surface area contributed by atoms with Gasteiger partial charge >= 0.3 is 5.97 Å². The van der Waals surface area contributed by atoms with E-state index in [9.17, 15) is 9.59 Å². The van der Waals surface area contributed by atoms with E-state index in [0.29, 0.717) is 22.2 Å². The lowest BCUT2D eigenvalue weighted by Gasteiger charge is -2.12. The van der Waals surface area contributed by atoms with Crippen LogP contribution in [0.5, 0.6) is 0 Å². The van der Waals surface area contributed by atoms with Crippen LogP contribution in [0.4, 0.5) is 0 Å². The SMILES string of the molecule is Cc1cc(C(=O)COC(=O)c2cc(C(C)C)nc3c2cnn3C(C)C)c(C)n1-c1nccs1. The second-order valence-electron chi connectivity index (χ2n) is 8.60. The molecule has 0 atom stereocenters. The van der Waals surface area contributed by atoms with E-state index in [4.69, 9.17) is 9.72 Å². The molecule has 0 bridgehead atoms. The molecule has 4 rings (SSSR count). The first-order chi connectivity index (χ1) is 15.7. The zero-order chi connectivity index (χ0) is 23.9. The van der Waals surface area contributed by atoms with Crippen LogP contribution in [0.25, 0.3) is 16.2 Å². The quantitative estimate of drug-likeness (QED) is 0.280. The van der Waals surface area contributed by atoms with Gasteiger partial charge in [-0.3, -0.25) is 9.36 Å². The summed E-state index contributed by atoms with van der Waals surface area (Å²) < 4.78 is 9.20. The van der Waals surface area contributed by atoms with Crippen molar-refractivity contribution in [1.82, 2.24) is 24.3 Å². The smallest absolute Gasteiger partial charge is 0.339 e. The predicted molar refractivity (Wildman–Crippen MR) is 128 cm³/mol. The highest BCUT2D eigenvalue weighted by Gasteiger charge is 2.23. The van der Waals surface area contributed by atoms with Gasteiger partial charge in [-0.2, -0.15) is 5.10 Å². The van der Waals surface area contributed by atoms with E-state index in [2.05, 4.69) is 10.1 Å². The van der Waals surface area contributed by atoms with Crippen molar-refractivity contribution in [3.05, 3.63) is 58.1 Å². The number of aromatic nitrogens is 5. The minimum absolute atomic E-state index is 0.0935. The van der Waals surface area contributed by atoms with Crippen molar-refractivity contribution < 1.29 is 14.3 Å². The lowest BCUT2D eigenvalue weighted by Crippen LogP contribution is -2.16. The summed E-state index contributed by atoms with van der Waals surface area (Å²) in [5, 5.41) is 7.70. The Morgan fingerprint density at radius 1 is 1.12 bits per heavy atom. The molecular formula is C24H27N5O3S. The van der Waals surface area contributed by atoms with Crippen LogP contribution in [0.1, 0.15) is 77.5 Å². The minimum atomic E-state index is -0.560. The Bertz CT molecular complexity index is 1330. The molecule has 0 spiro atoms. The van der Waals surface area contributed by atoms with Crippen molar-refractivity contribution in [2.45, 2.75) is 53.5 Å². The lowest BCUT2D eigenvalue weighted by molar-refractivity contribution is 0.0476. The fourth-order valence-electron chi connectivity index (χ4n) is 3.83. The van der Waals surface area contributed by atoms with E-state index < -0.39 is 5.97 Å². The summed E-state index contributed by atoms with van der Waals surface area (Å²) in [5.74, 6) is -0.699. The number of carbonyl (C=O) groups excluding carboxylic acids is 2. The molecule has 9 heteroatoms. The summed E-state index contributed by atoms with van der Waals surface area (Å²) >= 11 is 1.49. The molecule has 4 aromatic rings. The molecule has 0 N–H and O–H groups in total. The number of ether oxygens (including phenoxy) is 1. The number of pyridine rings is 1. The number of hydrogen-bond acceptors (Lipinski definition) is 7. The number of aryl methyl sites for hydroxylation is 1. The van der Waals surface area contributed by atoms with E-state index in [1.165, 1.54) is 11.3 Å². The Morgan fingerprint density at radius 3 is 2.52 bits per heavy atom. The number of Topliss-reactive ketones (excluding diaryl/α,β-unsaturated/α-hetero) is 1. The van der Waals surface area contributed by atoms with Crippen LogP contribution in [-0.2, 0) is 4.74 Å². The number of rotatable bonds is 7. The molecule has 8 nitrogen and oxygen atoms in total. The molecule has 0 saturated carbocycles. The number of thiazole rings is 1. The normalized spacial score (nSPS) is 11.6. The fourth-order valence-corrected chi connectivity index (χ4v) is 4.58. The average Bonchev–Trinajstić information content (AvgIpc) is 3.49. The van der Waals surface area contributed by atoms with Gasteiger partial charge in [0.1, 0.15) is 0 Å². The van der Waals surface area contributed by atoms with Crippen molar-refractivity contribution >= 4 is 34.1 Å². The lowest BCUT2D eigenvalue weighted by atomic mass is 10.1. The third-order valence-electron chi connectivity index (χ3n) is 5.56. The Balaban J connectivity index is 1.60. The Hall–Kier alpha value is -3.33. The molecule has 172 valence electrons. The highest BCUT2D eigenvalue weighted by atomic mass is 32.1. The molecule has 0 amide bonds. The average molecular weight is 466 g/mol. The maximum atomic E-state index is 13.0. The number of carbonyl (C=O) groups is 2. The first-order valence-electron chi connectivity index (χ1n) is 10.9. The molecule has 0 aliphatic heterocycles. The van der Waals surface area contributed by atoms with Crippen LogP contribution >= 0.6 is 11.3 Å². The van der Waals surface area contributed by atoms with E-state index in [1.807, 2.05) is 51.5 Å². The van der Waals surface area contributed by atoms with Crippen LogP contribution in [0.15, 0.2) is 29.9 Å². The molecule has 4 heterocycles. The predicted octanol–water partition coefficient (Wildman–Crippen LogP) is 5.04. The summed E-state index contributed by atoms with van der Waals surface area (Å²) in [6.07, 6.45) is 3.36. The second-order valence-corrected chi connectivity index (χ2v) is 9.48. The number of hydrogen-bond donors (Lipinski definition) is 0. The maximum Gasteiger partial charge on any atom is 0.339 e. The van der Waals surface area contributed by atoms with Crippen molar-refractivity contribution in [1.29, 1.82) is 0 Å². The molecule has 0 aliphatic rings. The van der Waals surface area contributed by atoms with Crippen LogP contribution in [0, 0.1) is 13.8 Å². The van der Waals surface area contributed by atoms with Crippen molar-refractivity contribution in [3.63, 3.8) is 0 Å². The van der Waals surface area contributed by atoms with Gasteiger partial charge in [-0.05, 0) is 45.7 Å². The largest absolute Gasteiger partial charge is 0.454 e. The zero-order valence-electron chi connectivity index (χ0n) is 19.6. The molecule has 0 saturated heterocycles. The van der Waals surface area contributed by atoms with Crippen LogP contribution < -0.4 is 0 Å². The molecule has 0 fully saturated rings. The second kappa shape index (κ2) is 8.90. The maximum absolute atomic E-state index is 13.0. The van der Waals surface area contributed by atoms with Gasteiger partial charge in [0.2, 0.25) is 5.78 Å². The zero-order valence-corrected chi connectivity index (χ0v) is 20.4. The van der Waals surface area contributed by atoms with Gasteiger partial charge in [-0.25, -0.2) is 19.4 Å². The fraction of sp³-hybridized carbons (Fsp3) is 0.375. The van der Waals surface area contributed by atoms with Crippen LogP contribution in [-0.4, -0.2) is 42.7 Å². The number of nitrogens with zero attached hydrogens (tertiary/aromatic N) is 5. The van der Waals surface area contributed by atoms with Crippen LogP contribution in [0.2, 0.25) is 0 Å². The third kappa shape index (κ3) is 4.20. The monoisotopic (exact) mass is 465 g/mol. The van der Waals surface area contributed by atoms with E-state index >= 15 is 0 Å². The highest BCUT2D eigenvalue weighted by molar-refractivity contribution is 7.12. The van der Waals surface area contributed by atoms with Crippen LogP contribution in [0.3, 0.4) is 0 Å². The Labute approximate surface area is 196 Å². The van der Waals surface area contributed by atoms with Crippen molar-refractivity contribution in [2.75, 3.05) is 6.61 Å². The summed E-state index contributed by atoms with van der Waals surface area (Å²) in [7, 11) is 0. The van der Waals surface area contributed by atoms with Gasteiger partial charge < -0.3 is 4.74 Å². The number of fused-ring (bicyclic) bond motifs is 1. The van der Waals surface area contributed by atoms with E-state index in [1.54, 1.807) is 29.2 Å². The standard InChI is InChI=1S/C24H27N5O3S/c1-13(2)20-10-18(19-11-26-29(14(3)4)22(19)27-20)23(31)32-12-21(30)17-9-15(5)28(16(17)6)24-25-7-8-33-24/h7-11,13-14H,12H2,1-6H3. The summed E-state index contributed by atoms with van der Waals surface area (Å²) in [6.45, 7) is 11.5. The molecule has 0 radical (unpaired) electrons. The van der Waals surface area contributed by atoms with E-state index in [0.717, 1.165) is 22.2 Å². The number of esters is 1. The van der Waals surface area contributed by atoms with Gasteiger partial charge in [0.15, 0.2) is 17.4 Å². The summed E-state index contributed by atoms with van der Waals surface area (Å²) in [4.78, 5) is 35.0. The first kappa shape index (κ1) is 22.8. The van der Waals surface area contributed by atoms with Gasteiger partial charge in [0.05, 0.1) is 17.1 Å². The minimum Gasteiger partial charge on any atom is -0.454 e.